The molecule has 8 heteroatoms. The molecule has 0 aliphatic heterocycles. The van der Waals surface area contributed by atoms with E-state index in [-0.39, 0.29) is 18.8 Å². The Labute approximate surface area is 123 Å². The Balaban J connectivity index is 0. The van der Waals surface area contributed by atoms with E-state index in [1.54, 1.807) is 13.8 Å². The molecule has 0 unspecified atom stereocenters. The third kappa shape index (κ3) is 13.6. The second-order valence-corrected chi connectivity index (χ2v) is 3.37. The molecule has 0 saturated heterocycles. The van der Waals surface area contributed by atoms with Crippen LogP contribution in [-0.2, 0) is 19.1 Å². The fourth-order valence-electron chi connectivity index (χ4n) is 0.685. The average molecular weight is 300 g/mol. The third-order valence-corrected chi connectivity index (χ3v) is 1.56. The molecule has 0 aromatic carbocycles. The summed E-state index contributed by atoms with van der Waals surface area (Å²) in [5, 5.41) is 3.89. The van der Waals surface area contributed by atoms with Gasteiger partial charge in [0, 0.05) is 5.57 Å². The zero-order chi connectivity index (χ0) is 16.8. The minimum absolute atomic E-state index is 0.245. The van der Waals surface area contributed by atoms with Crippen LogP contribution >= 0.6 is 0 Å². The van der Waals surface area contributed by atoms with Crippen molar-refractivity contribution in [2.24, 2.45) is 0 Å². The van der Waals surface area contributed by atoms with Crippen LogP contribution in [0.5, 0.6) is 0 Å². The Bertz CT molecular complexity index is 417. The van der Waals surface area contributed by atoms with Crippen molar-refractivity contribution in [1.82, 2.24) is 10.6 Å². The molecular weight excluding hydrogens is 280 g/mol. The van der Waals surface area contributed by atoms with E-state index in [4.69, 9.17) is 0 Å². The highest BCUT2D eigenvalue weighted by Gasteiger charge is 2.07. The molecule has 0 spiro atoms. The van der Waals surface area contributed by atoms with Crippen LogP contribution in [0.3, 0.4) is 0 Å². The van der Waals surface area contributed by atoms with Gasteiger partial charge in [0.2, 0.25) is 0 Å². The lowest BCUT2D eigenvalue weighted by Crippen LogP contribution is -2.31. The highest BCUT2D eigenvalue weighted by Crippen LogP contribution is 1.86. The molecule has 0 radical (unpaired) electrons. The molecule has 0 rings (SSSR count). The normalized spacial score (nSPS) is 8.33. The standard InChI is InChI=1S/C7H11NO3.C6H9NO3/c1-4-11-7(10)8-6(9)5(2)3;1-3-5(8)7-6(9)10-4-2/h2,4H2,1,3H3,(H,8,9,10);3H,1,4H2,2H3,(H,7,8,9). The van der Waals surface area contributed by atoms with Crippen LogP contribution in [0.15, 0.2) is 24.8 Å². The molecule has 118 valence electrons. The maximum Gasteiger partial charge on any atom is 0.414 e. The van der Waals surface area contributed by atoms with Gasteiger partial charge in [-0.3, -0.25) is 20.2 Å². The number of amides is 4. The Morgan fingerprint density at radius 1 is 1.00 bits per heavy atom. The minimum Gasteiger partial charge on any atom is -0.450 e. The summed E-state index contributed by atoms with van der Waals surface area (Å²) >= 11 is 0. The first-order valence-electron chi connectivity index (χ1n) is 6.02. The smallest absolute Gasteiger partial charge is 0.414 e. The summed E-state index contributed by atoms with van der Waals surface area (Å²) < 4.78 is 8.85. The molecule has 0 saturated carbocycles. The van der Waals surface area contributed by atoms with E-state index in [0.29, 0.717) is 0 Å². The first-order valence-corrected chi connectivity index (χ1v) is 6.02. The summed E-state index contributed by atoms with van der Waals surface area (Å²) in [7, 11) is 0. The van der Waals surface area contributed by atoms with Crippen molar-refractivity contribution >= 4 is 24.0 Å². The number of carbonyl (C=O) groups is 4. The fraction of sp³-hybridized carbons (Fsp3) is 0.385. The molecular formula is C13H20N2O6. The van der Waals surface area contributed by atoms with Crippen LogP contribution in [0.1, 0.15) is 20.8 Å². The van der Waals surface area contributed by atoms with Crippen molar-refractivity contribution in [1.29, 1.82) is 0 Å². The molecule has 0 aromatic rings. The van der Waals surface area contributed by atoms with Gasteiger partial charge >= 0.3 is 12.2 Å². The third-order valence-electron chi connectivity index (χ3n) is 1.56. The molecule has 0 bridgehead atoms. The van der Waals surface area contributed by atoms with Gasteiger partial charge in [-0.25, -0.2) is 9.59 Å². The fourth-order valence-corrected chi connectivity index (χ4v) is 0.685. The SMILES string of the molecule is C=C(C)C(=O)NC(=O)OCC.C=CC(=O)NC(=O)OCC. The highest BCUT2D eigenvalue weighted by atomic mass is 16.6. The molecule has 8 nitrogen and oxygen atoms in total. The van der Waals surface area contributed by atoms with Gasteiger partial charge < -0.3 is 9.47 Å². The highest BCUT2D eigenvalue weighted by molar-refractivity contribution is 6.01. The average Bonchev–Trinajstić information content (AvgIpc) is 2.39. The zero-order valence-corrected chi connectivity index (χ0v) is 12.4. The van der Waals surface area contributed by atoms with Crippen molar-refractivity contribution < 1.29 is 28.7 Å². The molecule has 21 heavy (non-hydrogen) atoms. The van der Waals surface area contributed by atoms with E-state index >= 15 is 0 Å². The number of nitrogens with one attached hydrogen (secondary N) is 2. The summed E-state index contributed by atoms with van der Waals surface area (Å²) in [6.45, 7) is 11.8. The van der Waals surface area contributed by atoms with E-state index < -0.39 is 24.0 Å². The quantitative estimate of drug-likeness (QED) is 0.757. The van der Waals surface area contributed by atoms with Crippen LogP contribution in [0, 0.1) is 0 Å². The molecule has 4 amide bonds. The first-order chi connectivity index (χ1) is 9.78. The molecule has 0 aliphatic rings. The Morgan fingerprint density at radius 2 is 1.43 bits per heavy atom. The monoisotopic (exact) mass is 300 g/mol. The molecule has 0 atom stereocenters. The lowest BCUT2D eigenvalue weighted by molar-refractivity contribution is -0.117. The van der Waals surface area contributed by atoms with Crippen LogP contribution in [0.4, 0.5) is 9.59 Å². The summed E-state index contributed by atoms with van der Waals surface area (Å²) in [5.74, 6) is -1.07. The molecule has 2 N–H and O–H groups in total. The number of alkyl carbamates (subject to hydrolysis) is 2. The van der Waals surface area contributed by atoms with Gasteiger partial charge in [0.05, 0.1) is 13.2 Å². The van der Waals surface area contributed by atoms with Crippen molar-refractivity contribution in [2.45, 2.75) is 20.8 Å². The lowest BCUT2D eigenvalue weighted by Gasteiger charge is -2.01. The second kappa shape index (κ2) is 12.4. The van der Waals surface area contributed by atoms with Gasteiger partial charge in [-0.15, -0.1) is 0 Å². The summed E-state index contributed by atoms with van der Waals surface area (Å²) in [6, 6.07) is 0. The molecule has 0 aliphatic carbocycles. The van der Waals surface area contributed by atoms with Gasteiger partial charge in [-0.2, -0.15) is 0 Å². The first kappa shape index (κ1) is 20.7. The van der Waals surface area contributed by atoms with Crippen LogP contribution < -0.4 is 10.6 Å². The number of hydrogen-bond acceptors (Lipinski definition) is 6. The Hall–Kier alpha value is -2.64. The van der Waals surface area contributed by atoms with Crippen LogP contribution in [0.2, 0.25) is 0 Å². The van der Waals surface area contributed by atoms with E-state index in [1.165, 1.54) is 6.92 Å². The predicted octanol–water partition coefficient (Wildman–Crippen LogP) is 1.28. The van der Waals surface area contributed by atoms with E-state index in [1.807, 2.05) is 10.6 Å². The number of rotatable bonds is 4. The van der Waals surface area contributed by atoms with Crippen LogP contribution in [0.25, 0.3) is 0 Å². The number of ether oxygens (including phenoxy) is 2. The summed E-state index contributed by atoms with van der Waals surface area (Å²) in [4.78, 5) is 42.1. The molecule has 0 aromatic heterocycles. The second-order valence-electron chi connectivity index (χ2n) is 3.37. The van der Waals surface area contributed by atoms with Gasteiger partial charge in [0.15, 0.2) is 0 Å². The predicted molar refractivity (Wildman–Crippen MR) is 75.3 cm³/mol. The van der Waals surface area contributed by atoms with Gasteiger partial charge in [-0.1, -0.05) is 13.2 Å². The topological polar surface area (TPSA) is 111 Å². The number of hydrogen-bond donors (Lipinski definition) is 2. The van der Waals surface area contributed by atoms with Crippen molar-refractivity contribution in [3.8, 4) is 0 Å². The number of imide groups is 2. The van der Waals surface area contributed by atoms with Gasteiger partial charge in [-0.05, 0) is 26.8 Å². The van der Waals surface area contributed by atoms with Crippen molar-refractivity contribution in [3.05, 3.63) is 24.8 Å². The van der Waals surface area contributed by atoms with Gasteiger partial charge in [0.1, 0.15) is 0 Å². The number of carbonyl (C=O) groups excluding carboxylic acids is 4. The van der Waals surface area contributed by atoms with E-state index in [2.05, 4.69) is 22.6 Å². The maximum atomic E-state index is 10.7. The van der Waals surface area contributed by atoms with Crippen LogP contribution in [-0.4, -0.2) is 37.2 Å². The summed E-state index contributed by atoms with van der Waals surface area (Å²) in [6.07, 6.45) is -0.482. The van der Waals surface area contributed by atoms with Crippen molar-refractivity contribution in [2.75, 3.05) is 13.2 Å². The van der Waals surface area contributed by atoms with Gasteiger partial charge in [0.25, 0.3) is 11.8 Å². The molecule has 0 heterocycles. The summed E-state index contributed by atoms with van der Waals surface area (Å²) in [5.41, 5.74) is 0.276. The van der Waals surface area contributed by atoms with E-state index in [9.17, 15) is 19.2 Å². The molecule has 0 fully saturated rings. The largest absolute Gasteiger partial charge is 0.450 e. The van der Waals surface area contributed by atoms with E-state index in [0.717, 1.165) is 6.08 Å². The Morgan fingerprint density at radius 3 is 1.76 bits per heavy atom. The lowest BCUT2D eigenvalue weighted by atomic mass is 10.3. The van der Waals surface area contributed by atoms with Crippen molar-refractivity contribution in [3.63, 3.8) is 0 Å². The maximum absolute atomic E-state index is 10.7. The minimum atomic E-state index is -0.743. The zero-order valence-electron chi connectivity index (χ0n) is 12.4. The Kier molecular flexibility index (Phi) is 12.2.